The number of unbranched alkanes of at least 4 members (excludes halogenated alkanes) is 2. The third kappa shape index (κ3) is 4.51. The predicted octanol–water partition coefficient (Wildman–Crippen LogP) is 5.16. The second kappa shape index (κ2) is 8.86. The minimum Gasteiger partial charge on any atom is -0.493 e. The van der Waals surface area contributed by atoms with E-state index in [-0.39, 0.29) is 5.91 Å². The Labute approximate surface area is 150 Å². The van der Waals surface area contributed by atoms with E-state index >= 15 is 0 Å². The summed E-state index contributed by atoms with van der Waals surface area (Å²) in [5.41, 5.74) is -0.0442. The molecule has 0 aromatic heterocycles. The standard InChI is InChI=1S/C21H29NO3/c1-5-7-10-15-21(3,24-4)20(23)22-18-13-14-19(25-6-2)17-12-9-8-11-16(17)18/h8-9,11-14H,5-7,10,15H2,1-4H3,(H,22,23)/t21-/m1/s1. The Hall–Kier alpha value is -2.07. The Balaban J connectivity index is 2.27. The number of rotatable bonds is 9. The predicted molar refractivity (Wildman–Crippen MR) is 103 cm³/mol. The van der Waals surface area contributed by atoms with E-state index in [4.69, 9.17) is 9.47 Å². The van der Waals surface area contributed by atoms with Crippen molar-refractivity contribution in [3.63, 3.8) is 0 Å². The van der Waals surface area contributed by atoms with Crippen molar-refractivity contribution in [2.24, 2.45) is 0 Å². The minimum absolute atomic E-state index is 0.111. The van der Waals surface area contributed by atoms with Gasteiger partial charge in [0.2, 0.25) is 0 Å². The van der Waals surface area contributed by atoms with E-state index in [1.165, 1.54) is 0 Å². The Morgan fingerprint density at radius 2 is 1.80 bits per heavy atom. The highest BCUT2D eigenvalue weighted by molar-refractivity contribution is 6.06. The second-order valence-corrected chi connectivity index (χ2v) is 6.44. The molecule has 0 heterocycles. The fourth-order valence-electron chi connectivity index (χ4n) is 2.94. The van der Waals surface area contributed by atoms with Gasteiger partial charge in [-0.25, -0.2) is 0 Å². The molecule has 0 aliphatic carbocycles. The lowest BCUT2D eigenvalue weighted by molar-refractivity contribution is -0.136. The number of carbonyl (C=O) groups is 1. The molecule has 0 radical (unpaired) electrons. The van der Waals surface area contributed by atoms with Crippen molar-refractivity contribution in [2.45, 2.75) is 52.1 Å². The van der Waals surface area contributed by atoms with E-state index in [0.29, 0.717) is 13.0 Å². The van der Waals surface area contributed by atoms with Crippen LogP contribution in [0.5, 0.6) is 5.75 Å². The van der Waals surface area contributed by atoms with Crippen molar-refractivity contribution in [2.75, 3.05) is 19.0 Å². The summed E-state index contributed by atoms with van der Waals surface area (Å²) in [5.74, 6) is 0.717. The van der Waals surface area contributed by atoms with Crippen molar-refractivity contribution in [1.82, 2.24) is 0 Å². The minimum atomic E-state index is -0.825. The summed E-state index contributed by atoms with van der Waals surface area (Å²) in [4.78, 5) is 12.8. The molecule has 0 aliphatic heterocycles. The molecule has 0 aliphatic rings. The fourth-order valence-corrected chi connectivity index (χ4v) is 2.94. The van der Waals surface area contributed by atoms with E-state index < -0.39 is 5.60 Å². The summed E-state index contributed by atoms with van der Waals surface area (Å²) in [6.07, 6.45) is 3.89. The molecule has 0 spiro atoms. The molecule has 0 saturated heterocycles. The van der Waals surface area contributed by atoms with Crippen LogP contribution in [0.2, 0.25) is 0 Å². The van der Waals surface area contributed by atoms with Gasteiger partial charge in [-0.05, 0) is 32.4 Å². The Morgan fingerprint density at radius 3 is 2.44 bits per heavy atom. The number of fused-ring (bicyclic) bond motifs is 1. The molecule has 0 fully saturated rings. The van der Waals surface area contributed by atoms with Crippen molar-refractivity contribution in [3.8, 4) is 5.75 Å². The number of methoxy groups -OCH3 is 1. The van der Waals surface area contributed by atoms with E-state index in [1.807, 2.05) is 50.2 Å². The number of ether oxygens (including phenoxy) is 2. The zero-order valence-electron chi connectivity index (χ0n) is 15.7. The lowest BCUT2D eigenvalue weighted by Crippen LogP contribution is -2.42. The average Bonchev–Trinajstić information content (AvgIpc) is 2.63. The maximum Gasteiger partial charge on any atom is 0.256 e. The molecule has 1 atom stereocenters. The lowest BCUT2D eigenvalue weighted by Gasteiger charge is -2.27. The summed E-state index contributed by atoms with van der Waals surface area (Å²) < 4.78 is 11.3. The molecule has 1 amide bonds. The maximum absolute atomic E-state index is 12.8. The quantitative estimate of drug-likeness (QED) is 0.640. The largest absolute Gasteiger partial charge is 0.493 e. The van der Waals surface area contributed by atoms with Gasteiger partial charge in [-0.1, -0.05) is 50.5 Å². The number of hydrogen-bond acceptors (Lipinski definition) is 3. The number of carbonyl (C=O) groups excluding carboxylic acids is 1. The van der Waals surface area contributed by atoms with Gasteiger partial charge in [0.25, 0.3) is 5.91 Å². The van der Waals surface area contributed by atoms with Crippen LogP contribution >= 0.6 is 0 Å². The highest BCUT2D eigenvalue weighted by Gasteiger charge is 2.32. The van der Waals surface area contributed by atoms with Gasteiger partial charge >= 0.3 is 0 Å². The third-order valence-electron chi connectivity index (χ3n) is 4.62. The van der Waals surface area contributed by atoms with Crippen LogP contribution in [0, 0.1) is 0 Å². The van der Waals surface area contributed by atoms with Crippen LogP contribution in [0.15, 0.2) is 36.4 Å². The molecule has 136 valence electrons. The summed E-state index contributed by atoms with van der Waals surface area (Å²) in [6.45, 7) is 6.57. The zero-order chi connectivity index (χ0) is 18.3. The first-order chi connectivity index (χ1) is 12.1. The number of amides is 1. The van der Waals surface area contributed by atoms with Gasteiger partial charge in [0.05, 0.1) is 6.61 Å². The molecule has 0 unspecified atom stereocenters. The second-order valence-electron chi connectivity index (χ2n) is 6.44. The molecule has 4 nitrogen and oxygen atoms in total. The maximum atomic E-state index is 12.8. The van der Waals surface area contributed by atoms with Gasteiger partial charge in [0, 0.05) is 23.6 Å². The van der Waals surface area contributed by atoms with Gasteiger partial charge < -0.3 is 14.8 Å². The highest BCUT2D eigenvalue weighted by atomic mass is 16.5. The lowest BCUT2D eigenvalue weighted by atomic mass is 9.96. The van der Waals surface area contributed by atoms with Crippen LogP contribution in [-0.2, 0) is 9.53 Å². The molecule has 1 N–H and O–H groups in total. The third-order valence-corrected chi connectivity index (χ3v) is 4.62. The van der Waals surface area contributed by atoms with Gasteiger partial charge in [-0.3, -0.25) is 4.79 Å². The van der Waals surface area contributed by atoms with Gasteiger partial charge in [-0.15, -0.1) is 0 Å². The molecule has 0 saturated carbocycles. The fraction of sp³-hybridized carbons (Fsp3) is 0.476. The first-order valence-corrected chi connectivity index (χ1v) is 9.07. The van der Waals surface area contributed by atoms with Crippen LogP contribution in [0.1, 0.15) is 46.5 Å². The first kappa shape index (κ1) is 19.3. The highest BCUT2D eigenvalue weighted by Crippen LogP contribution is 2.32. The van der Waals surface area contributed by atoms with Crippen LogP contribution < -0.4 is 10.1 Å². The number of benzene rings is 2. The molecule has 2 rings (SSSR count). The smallest absolute Gasteiger partial charge is 0.256 e. The Morgan fingerprint density at radius 1 is 1.08 bits per heavy atom. The average molecular weight is 343 g/mol. The van der Waals surface area contributed by atoms with E-state index in [0.717, 1.165) is 41.5 Å². The molecular weight excluding hydrogens is 314 g/mol. The van der Waals surface area contributed by atoms with Gasteiger partial charge in [-0.2, -0.15) is 0 Å². The molecule has 0 bridgehead atoms. The van der Waals surface area contributed by atoms with Crippen molar-refractivity contribution in [1.29, 1.82) is 0 Å². The SMILES string of the molecule is CCCCC[C@@](C)(OC)C(=O)Nc1ccc(OCC)c2ccccc12. The molecule has 4 heteroatoms. The van der Waals surface area contributed by atoms with Crippen molar-refractivity contribution >= 4 is 22.4 Å². The molecule has 2 aromatic carbocycles. The summed E-state index contributed by atoms with van der Waals surface area (Å²) >= 11 is 0. The Bertz CT molecular complexity index is 713. The zero-order valence-corrected chi connectivity index (χ0v) is 15.7. The monoisotopic (exact) mass is 343 g/mol. The molecule has 25 heavy (non-hydrogen) atoms. The number of nitrogens with one attached hydrogen (secondary N) is 1. The first-order valence-electron chi connectivity index (χ1n) is 9.07. The van der Waals surface area contributed by atoms with Crippen molar-refractivity contribution < 1.29 is 14.3 Å². The summed E-state index contributed by atoms with van der Waals surface area (Å²) in [5, 5.41) is 5.01. The van der Waals surface area contributed by atoms with E-state index in [2.05, 4.69) is 12.2 Å². The van der Waals surface area contributed by atoms with E-state index in [9.17, 15) is 4.79 Å². The van der Waals surface area contributed by atoms with Crippen LogP contribution in [0.25, 0.3) is 10.8 Å². The van der Waals surface area contributed by atoms with E-state index in [1.54, 1.807) is 7.11 Å². The van der Waals surface area contributed by atoms with Gasteiger partial charge in [0.15, 0.2) is 0 Å². The van der Waals surface area contributed by atoms with Gasteiger partial charge in [0.1, 0.15) is 11.4 Å². The number of hydrogen-bond donors (Lipinski definition) is 1. The number of anilines is 1. The molecular formula is C21H29NO3. The summed E-state index contributed by atoms with van der Waals surface area (Å²) in [6, 6.07) is 11.7. The topological polar surface area (TPSA) is 47.6 Å². The normalized spacial score (nSPS) is 13.4. The summed E-state index contributed by atoms with van der Waals surface area (Å²) in [7, 11) is 1.60. The van der Waals surface area contributed by atoms with Crippen LogP contribution in [0.3, 0.4) is 0 Å². The van der Waals surface area contributed by atoms with Crippen molar-refractivity contribution in [3.05, 3.63) is 36.4 Å². The van der Waals surface area contributed by atoms with Crippen LogP contribution in [-0.4, -0.2) is 25.2 Å². The molecule has 2 aromatic rings. The van der Waals surface area contributed by atoms with Crippen LogP contribution in [0.4, 0.5) is 5.69 Å². The Kier molecular flexibility index (Phi) is 6.82.